The monoisotopic (exact) mass is 408 g/mol. The van der Waals surface area contributed by atoms with Crippen LogP contribution in [0.25, 0.3) is 0 Å². The molecule has 0 aliphatic rings. The lowest BCUT2D eigenvalue weighted by Crippen LogP contribution is -2.30. The van der Waals surface area contributed by atoms with Gasteiger partial charge < -0.3 is 19.9 Å². The first-order valence-corrected chi connectivity index (χ1v) is 9.52. The Morgan fingerprint density at radius 1 is 1.04 bits per heavy atom. The van der Waals surface area contributed by atoms with E-state index in [1.165, 1.54) is 57.5 Å². The molecule has 2 rings (SSSR count). The molecule has 3 N–H and O–H groups in total. The number of ether oxygens (including phenoxy) is 3. The van der Waals surface area contributed by atoms with Crippen molar-refractivity contribution in [2.75, 3.05) is 18.9 Å². The van der Waals surface area contributed by atoms with Gasteiger partial charge in [-0.25, -0.2) is 13.2 Å². The number of nitrogens with one attached hydrogen (secondary N) is 1. The van der Waals surface area contributed by atoms with Gasteiger partial charge in [0.2, 0.25) is 0 Å². The summed E-state index contributed by atoms with van der Waals surface area (Å²) in [5.74, 6) is -1.12. The predicted octanol–water partition coefficient (Wildman–Crippen LogP) is 1.54. The first-order valence-electron chi connectivity index (χ1n) is 8.03. The maximum atomic E-state index is 12.7. The topological polar surface area (TPSA) is 134 Å². The summed E-state index contributed by atoms with van der Waals surface area (Å²) in [6.07, 6.45) is -1.16. The molecule has 1 atom stereocenters. The van der Waals surface area contributed by atoms with Crippen molar-refractivity contribution in [3.05, 3.63) is 48.0 Å². The lowest BCUT2D eigenvalue weighted by molar-refractivity contribution is -0.125. The van der Waals surface area contributed by atoms with Gasteiger partial charge in [-0.3, -0.25) is 9.52 Å². The summed E-state index contributed by atoms with van der Waals surface area (Å²) < 4.78 is 43.0. The van der Waals surface area contributed by atoms with Gasteiger partial charge in [0.25, 0.3) is 15.9 Å². The molecule has 0 radical (unpaired) electrons. The van der Waals surface area contributed by atoms with Crippen LogP contribution in [0.2, 0.25) is 0 Å². The van der Waals surface area contributed by atoms with Gasteiger partial charge in [0.15, 0.2) is 17.6 Å². The first-order chi connectivity index (χ1) is 13.2. The third-order valence-electron chi connectivity index (χ3n) is 3.74. The number of carbonyl (C=O) groups excluding carboxylic acids is 2. The van der Waals surface area contributed by atoms with E-state index in [1.807, 2.05) is 0 Å². The third-order valence-corrected chi connectivity index (χ3v) is 5.10. The lowest BCUT2D eigenvalue weighted by atomic mass is 10.2. The minimum Gasteiger partial charge on any atom is -0.493 e. The Kier molecular flexibility index (Phi) is 6.47. The number of hydrogen-bond acceptors (Lipinski definition) is 7. The zero-order valence-electron chi connectivity index (χ0n) is 15.5. The summed E-state index contributed by atoms with van der Waals surface area (Å²) in [4.78, 5) is 23.3. The van der Waals surface area contributed by atoms with Crippen LogP contribution in [0.15, 0.2) is 47.4 Å². The number of hydrogen-bond donors (Lipinski definition) is 2. The molecule has 0 fully saturated rings. The summed E-state index contributed by atoms with van der Waals surface area (Å²) in [7, 11) is -1.25. The number of carbonyl (C=O) groups is 2. The summed E-state index contributed by atoms with van der Waals surface area (Å²) in [5.41, 5.74) is 4.99. The third kappa shape index (κ3) is 4.71. The number of anilines is 1. The standard InChI is InChI=1S/C18H20N2O7S/c1-11(17(19)21)27-18(22)13-6-4-5-7-14(13)20-28(23,24)12-8-9-15(25-2)16(10-12)26-3/h4-11,20H,1-3H3,(H2,19,21)/t11-/m1/s1. The fourth-order valence-corrected chi connectivity index (χ4v) is 3.31. The summed E-state index contributed by atoms with van der Waals surface area (Å²) >= 11 is 0. The first kappa shape index (κ1) is 21.0. The number of rotatable bonds is 8. The number of methoxy groups -OCH3 is 2. The molecule has 0 saturated heterocycles. The van der Waals surface area contributed by atoms with Gasteiger partial charge in [0, 0.05) is 6.07 Å². The average molecular weight is 408 g/mol. The molecule has 0 aliphatic heterocycles. The number of sulfonamides is 1. The van der Waals surface area contributed by atoms with Crippen LogP contribution in [0, 0.1) is 0 Å². The van der Waals surface area contributed by atoms with Gasteiger partial charge in [-0.2, -0.15) is 0 Å². The van der Waals surface area contributed by atoms with Crippen LogP contribution in [0.4, 0.5) is 5.69 Å². The molecule has 0 aliphatic carbocycles. The highest BCUT2D eigenvalue weighted by molar-refractivity contribution is 7.92. The molecule has 28 heavy (non-hydrogen) atoms. The highest BCUT2D eigenvalue weighted by Crippen LogP contribution is 2.30. The van der Waals surface area contributed by atoms with Crippen molar-refractivity contribution in [3.63, 3.8) is 0 Å². The molecular formula is C18H20N2O7S. The number of benzene rings is 2. The van der Waals surface area contributed by atoms with E-state index in [4.69, 9.17) is 19.9 Å². The molecule has 0 bridgehead atoms. The van der Waals surface area contributed by atoms with Crippen LogP contribution in [-0.4, -0.2) is 40.6 Å². The fraction of sp³-hybridized carbons (Fsp3) is 0.222. The average Bonchev–Trinajstić information content (AvgIpc) is 2.67. The maximum absolute atomic E-state index is 12.7. The highest BCUT2D eigenvalue weighted by atomic mass is 32.2. The van der Waals surface area contributed by atoms with Crippen molar-refractivity contribution in [1.82, 2.24) is 0 Å². The Hall–Kier alpha value is -3.27. The van der Waals surface area contributed by atoms with E-state index in [-0.39, 0.29) is 21.9 Å². The fourth-order valence-electron chi connectivity index (χ4n) is 2.22. The Bertz CT molecular complexity index is 989. The lowest BCUT2D eigenvalue weighted by Gasteiger charge is -2.15. The van der Waals surface area contributed by atoms with Gasteiger partial charge in [-0.1, -0.05) is 12.1 Å². The molecule has 0 saturated carbocycles. The molecule has 2 aromatic carbocycles. The quantitative estimate of drug-likeness (QED) is 0.633. The van der Waals surface area contributed by atoms with Crippen LogP contribution in [0.3, 0.4) is 0 Å². The van der Waals surface area contributed by atoms with Crippen LogP contribution in [0.1, 0.15) is 17.3 Å². The van der Waals surface area contributed by atoms with E-state index in [9.17, 15) is 18.0 Å². The van der Waals surface area contributed by atoms with Crippen molar-refractivity contribution in [1.29, 1.82) is 0 Å². The molecule has 10 heteroatoms. The van der Waals surface area contributed by atoms with Crippen molar-refractivity contribution >= 4 is 27.6 Å². The zero-order chi connectivity index (χ0) is 20.9. The number of amides is 1. The van der Waals surface area contributed by atoms with E-state index < -0.39 is 28.0 Å². The molecule has 0 heterocycles. The van der Waals surface area contributed by atoms with Crippen molar-refractivity contribution < 1.29 is 32.2 Å². The summed E-state index contributed by atoms with van der Waals surface area (Å²) in [6.45, 7) is 1.32. The number of primary amides is 1. The van der Waals surface area contributed by atoms with Crippen molar-refractivity contribution in [3.8, 4) is 11.5 Å². The number of esters is 1. The number of para-hydroxylation sites is 1. The van der Waals surface area contributed by atoms with Gasteiger partial charge in [-0.05, 0) is 31.2 Å². The van der Waals surface area contributed by atoms with Gasteiger partial charge >= 0.3 is 5.97 Å². The SMILES string of the molecule is COc1ccc(S(=O)(=O)Nc2ccccc2C(=O)O[C@H](C)C(N)=O)cc1OC. The minimum atomic E-state index is -4.06. The Morgan fingerprint density at radius 2 is 1.68 bits per heavy atom. The molecule has 1 amide bonds. The van der Waals surface area contributed by atoms with Crippen LogP contribution in [0.5, 0.6) is 11.5 Å². The van der Waals surface area contributed by atoms with Gasteiger partial charge in [0.1, 0.15) is 0 Å². The van der Waals surface area contributed by atoms with Crippen LogP contribution < -0.4 is 19.9 Å². The second-order valence-electron chi connectivity index (χ2n) is 5.62. The highest BCUT2D eigenvalue weighted by Gasteiger charge is 2.23. The van der Waals surface area contributed by atoms with Crippen LogP contribution in [-0.2, 0) is 19.6 Å². The van der Waals surface area contributed by atoms with Crippen LogP contribution >= 0.6 is 0 Å². The van der Waals surface area contributed by atoms with E-state index >= 15 is 0 Å². The Morgan fingerprint density at radius 3 is 2.29 bits per heavy atom. The van der Waals surface area contributed by atoms with E-state index in [0.717, 1.165) is 0 Å². The molecule has 9 nitrogen and oxygen atoms in total. The molecular weight excluding hydrogens is 388 g/mol. The summed E-state index contributed by atoms with van der Waals surface area (Å²) in [6, 6.07) is 9.89. The predicted molar refractivity (Wildman–Crippen MR) is 101 cm³/mol. The second kappa shape index (κ2) is 8.61. The van der Waals surface area contributed by atoms with Crippen molar-refractivity contribution in [2.24, 2.45) is 5.73 Å². The van der Waals surface area contributed by atoms with E-state index in [0.29, 0.717) is 5.75 Å². The molecule has 0 aromatic heterocycles. The molecule has 0 spiro atoms. The number of nitrogens with two attached hydrogens (primary N) is 1. The summed E-state index contributed by atoms with van der Waals surface area (Å²) in [5, 5.41) is 0. The van der Waals surface area contributed by atoms with E-state index in [1.54, 1.807) is 6.07 Å². The zero-order valence-corrected chi connectivity index (χ0v) is 16.3. The molecule has 150 valence electrons. The molecule has 0 unspecified atom stereocenters. The maximum Gasteiger partial charge on any atom is 0.341 e. The largest absolute Gasteiger partial charge is 0.493 e. The second-order valence-corrected chi connectivity index (χ2v) is 7.30. The Balaban J connectivity index is 2.35. The Labute approximate surface area is 162 Å². The van der Waals surface area contributed by atoms with Gasteiger partial charge in [0.05, 0.1) is 30.4 Å². The molecule has 2 aromatic rings. The normalized spacial score (nSPS) is 12.0. The van der Waals surface area contributed by atoms with Gasteiger partial charge in [-0.15, -0.1) is 0 Å². The minimum absolute atomic E-state index is 0.0149. The van der Waals surface area contributed by atoms with Crippen molar-refractivity contribution in [2.45, 2.75) is 17.9 Å². The smallest absolute Gasteiger partial charge is 0.341 e. The van der Waals surface area contributed by atoms with E-state index in [2.05, 4.69) is 4.72 Å².